The van der Waals surface area contributed by atoms with Crippen LogP contribution in [0.1, 0.15) is 36.5 Å². The summed E-state index contributed by atoms with van der Waals surface area (Å²) in [7, 11) is 0. The van der Waals surface area contributed by atoms with Crippen LogP contribution in [-0.4, -0.2) is 29.6 Å². The van der Waals surface area contributed by atoms with Crippen molar-refractivity contribution >= 4 is 11.9 Å². The fourth-order valence-corrected chi connectivity index (χ4v) is 1.75. The van der Waals surface area contributed by atoms with E-state index in [-0.39, 0.29) is 17.7 Å². The summed E-state index contributed by atoms with van der Waals surface area (Å²) in [5.41, 5.74) is -0.124. The normalized spacial score (nSPS) is 12.0. The third-order valence-electron chi connectivity index (χ3n) is 2.80. The van der Waals surface area contributed by atoms with Gasteiger partial charge in [-0.25, -0.2) is 4.79 Å². The molecule has 0 aliphatic heterocycles. The van der Waals surface area contributed by atoms with E-state index in [0.29, 0.717) is 6.42 Å². The summed E-state index contributed by atoms with van der Waals surface area (Å²) in [5.74, 6) is -2.21. The number of carbonyl (C=O) groups is 2. The van der Waals surface area contributed by atoms with Crippen molar-refractivity contribution in [1.29, 1.82) is 0 Å². The van der Waals surface area contributed by atoms with Crippen molar-refractivity contribution < 1.29 is 28.2 Å². The Morgan fingerprint density at radius 1 is 1.33 bits per heavy atom. The Hall–Kier alpha value is -2.18. The van der Waals surface area contributed by atoms with E-state index in [0.717, 1.165) is 6.42 Å². The zero-order valence-electron chi connectivity index (χ0n) is 11.5. The highest BCUT2D eigenvalue weighted by Crippen LogP contribution is 2.20. The number of halogens is 2. The van der Waals surface area contributed by atoms with Crippen LogP contribution in [0.25, 0.3) is 0 Å². The first-order chi connectivity index (χ1) is 9.95. The van der Waals surface area contributed by atoms with Crippen LogP contribution in [0.5, 0.6) is 5.75 Å². The van der Waals surface area contributed by atoms with E-state index in [9.17, 15) is 18.4 Å². The van der Waals surface area contributed by atoms with Crippen molar-refractivity contribution in [2.75, 3.05) is 0 Å². The van der Waals surface area contributed by atoms with Gasteiger partial charge < -0.3 is 15.2 Å². The molecule has 116 valence electrons. The Bertz CT molecular complexity index is 494. The van der Waals surface area contributed by atoms with Gasteiger partial charge in [0.2, 0.25) is 0 Å². The van der Waals surface area contributed by atoms with Crippen molar-refractivity contribution in [3.63, 3.8) is 0 Å². The lowest BCUT2D eigenvalue weighted by Crippen LogP contribution is -2.40. The van der Waals surface area contributed by atoms with E-state index >= 15 is 0 Å². The molecule has 5 nitrogen and oxygen atoms in total. The van der Waals surface area contributed by atoms with Crippen molar-refractivity contribution in [3.05, 3.63) is 29.8 Å². The first-order valence-corrected chi connectivity index (χ1v) is 6.53. The van der Waals surface area contributed by atoms with E-state index in [1.807, 2.05) is 6.92 Å². The first kappa shape index (κ1) is 16.9. The van der Waals surface area contributed by atoms with Gasteiger partial charge in [-0.2, -0.15) is 8.78 Å². The lowest BCUT2D eigenvalue weighted by molar-refractivity contribution is -0.139. The van der Waals surface area contributed by atoms with Gasteiger partial charge in [-0.05, 0) is 18.6 Å². The third-order valence-corrected chi connectivity index (χ3v) is 2.80. The highest BCUT2D eigenvalue weighted by atomic mass is 19.3. The average molecular weight is 301 g/mol. The largest absolute Gasteiger partial charge is 0.480 e. The zero-order chi connectivity index (χ0) is 15.8. The van der Waals surface area contributed by atoms with Gasteiger partial charge in [-0.15, -0.1) is 0 Å². The van der Waals surface area contributed by atoms with Crippen LogP contribution in [0.2, 0.25) is 0 Å². The molecule has 1 aromatic carbocycles. The van der Waals surface area contributed by atoms with Crippen LogP contribution < -0.4 is 10.1 Å². The molecular formula is C14H17F2NO4. The number of aliphatic carboxylic acids is 1. The van der Waals surface area contributed by atoms with Gasteiger partial charge in [0.15, 0.2) is 0 Å². The third kappa shape index (κ3) is 5.37. The number of hydrogen-bond acceptors (Lipinski definition) is 3. The summed E-state index contributed by atoms with van der Waals surface area (Å²) >= 11 is 0. The predicted molar refractivity (Wildman–Crippen MR) is 71.5 cm³/mol. The Morgan fingerprint density at radius 3 is 2.57 bits per heavy atom. The molecule has 0 fully saturated rings. The maximum absolute atomic E-state index is 12.3. The summed E-state index contributed by atoms with van der Waals surface area (Å²) in [6, 6.07) is 4.39. The number of benzene rings is 1. The molecule has 0 saturated heterocycles. The summed E-state index contributed by atoms with van der Waals surface area (Å²) < 4.78 is 28.8. The Morgan fingerprint density at radius 2 is 2.00 bits per heavy atom. The van der Waals surface area contributed by atoms with Crippen LogP contribution in [-0.2, 0) is 4.79 Å². The van der Waals surface area contributed by atoms with Crippen LogP contribution in [0.4, 0.5) is 8.78 Å². The highest BCUT2D eigenvalue weighted by molar-refractivity contribution is 5.98. The van der Waals surface area contributed by atoms with Gasteiger partial charge in [0.05, 0.1) is 5.56 Å². The lowest BCUT2D eigenvalue weighted by atomic mass is 10.1. The number of ether oxygens (including phenoxy) is 1. The number of carboxylic acid groups (broad SMARTS) is 1. The molecule has 0 spiro atoms. The molecule has 1 amide bonds. The summed E-state index contributed by atoms with van der Waals surface area (Å²) in [4.78, 5) is 23.1. The second-order valence-corrected chi connectivity index (χ2v) is 4.38. The average Bonchev–Trinajstić information content (AvgIpc) is 2.42. The minimum absolute atomic E-state index is 0.124. The molecule has 2 N–H and O–H groups in total. The van der Waals surface area contributed by atoms with Gasteiger partial charge in [0, 0.05) is 0 Å². The molecule has 0 heterocycles. The topological polar surface area (TPSA) is 75.6 Å². The molecule has 0 aliphatic carbocycles. The minimum atomic E-state index is -3.06. The van der Waals surface area contributed by atoms with Crippen LogP contribution in [0.3, 0.4) is 0 Å². The van der Waals surface area contributed by atoms with Crippen LogP contribution in [0.15, 0.2) is 24.3 Å². The summed E-state index contributed by atoms with van der Waals surface area (Å²) in [6.07, 6.45) is 1.69. The van der Waals surface area contributed by atoms with E-state index in [2.05, 4.69) is 10.1 Å². The minimum Gasteiger partial charge on any atom is -0.480 e. The number of nitrogens with one attached hydrogen (secondary N) is 1. The molecule has 0 unspecified atom stereocenters. The fraction of sp³-hybridized carbons (Fsp3) is 0.429. The molecule has 0 aromatic heterocycles. The number of carboxylic acids is 1. The predicted octanol–water partition coefficient (Wildman–Crippen LogP) is 2.66. The van der Waals surface area contributed by atoms with Crippen LogP contribution in [0, 0.1) is 0 Å². The Labute approximate surface area is 120 Å². The van der Waals surface area contributed by atoms with E-state index in [4.69, 9.17) is 5.11 Å². The summed E-state index contributed by atoms with van der Waals surface area (Å²) in [5, 5.41) is 11.4. The molecule has 0 aliphatic rings. The number of amides is 1. The van der Waals surface area contributed by atoms with Gasteiger partial charge in [-0.3, -0.25) is 4.79 Å². The number of para-hydroxylation sites is 1. The number of unbranched alkanes of at least 4 members (excludes halogenated alkanes) is 1. The van der Waals surface area contributed by atoms with Gasteiger partial charge in [-0.1, -0.05) is 31.9 Å². The molecule has 0 bridgehead atoms. The van der Waals surface area contributed by atoms with E-state index in [1.54, 1.807) is 0 Å². The molecule has 0 radical (unpaired) electrons. The summed E-state index contributed by atoms with van der Waals surface area (Å²) in [6.45, 7) is -1.17. The standard InChI is InChI=1S/C14H17F2NO4/c1-2-3-7-10(13(19)20)17-12(18)9-6-4-5-8-11(9)21-14(15)16/h4-6,8,10,14H,2-3,7H2,1H3,(H,17,18)(H,19,20)/t10-/m0/s1. The molecule has 1 aromatic rings. The zero-order valence-corrected chi connectivity index (χ0v) is 11.5. The van der Waals surface area contributed by atoms with Gasteiger partial charge in [0.1, 0.15) is 11.8 Å². The molecular weight excluding hydrogens is 284 g/mol. The molecule has 0 saturated carbocycles. The maximum Gasteiger partial charge on any atom is 0.387 e. The smallest absolute Gasteiger partial charge is 0.387 e. The molecule has 7 heteroatoms. The van der Waals surface area contributed by atoms with Crippen molar-refractivity contribution in [1.82, 2.24) is 5.32 Å². The van der Waals surface area contributed by atoms with Crippen molar-refractivity contribution in [3.8, 4) is 5.75 Å². The number of hydrogen-bond donors (Lipinski definition) is 2. The number of rotatable bonds is 8. The Kier molecular flexibility index (Phi) is 6.58. The SMILES string of the molecule is CCCC[C@H](NC(=O)c1ccccc1OC(F)F)C(=O)O. The van der Waals surface area contributed by atoms with E-state index in [1.165, 1.54) is 24.3 Å². The lowest BCUT2D eigenvalue weighted by Gasteiger charge is -2.15. The van der Waals surface area contributed by atoms with E-state index < -0.39 is 24.5 Å². The molecule has 21 heavy (non-hydrogen) atoms. The second-order valence-electron chi connectivity index (χ2n) is 4.38. The monoisotopic (exact) mass is 301 g/mol. The second kappa shape index (κ2) is 8.18. The highest BCUT2D eigenvalue weighted by Gasteiger charge is 2.22. The first-order valence-electron chi connectivity index (χ1n) is 6.53. The van der Waals surface area contributed by atoms with Crippen LogP contribution >= 0.6 is 0 Å². The fourth-order valence-electron chi connectivity index (χ4n) is 1.75. The molecule has 1 atom stereocenters. The van der Waals surface area contributed by atoms with Gasteiger partial charge >= 0.3 is 12.6 Å². The number of carbonyl (C=O) groups excluding carboxylic acids is 1. The van der Waals surface area contributed by atoms with Gasteiger partial charge in [0.25, 0.3) is 5.91 Å². The maximum atomic E-state index is 12.3. The number of alkyl halides is 2. The molecule has 1 rings (SSSR count). The van der Waals surface area contributed by atoms with Crippen molar-refractivity contribution in [2.45, 2.75) is 38.8 Å². The quantitative estimate of drug-likeness (QED) is 0.774. The Balaban J connectivity index is 2.84. The van der Waals surface area contributed by atoms with Crippen molar-refractivity contribution in [2.24, 2.45) is 0 Å².